The van der Waals surface area contributed by atoms with Gasteiger partial charge in [0.2, 0.25) is 0 Å². The highest BCUT2D eigenvalue weighted by Gasteiger charge is 2.60. The van der Waals surface area contributed by atoms with E-state index in [2.05, 4.69) is 9.47 Å². The molecule has 0 spiro atoms. The first-order chi connectivity index (χ1) is 10.3. The van der Waals surface area contributed by atoms with E-state index < -0.39 is 34.7 Å². The van der Waals surface area contributed by atoms with Crippen molar-refractivity contribution in [1.82, 2.24) is 0 Å². The van der Waals surface area contributed by atoms with Crippen LogP contribution in [0.3, 0.4) is 0 Å². The van der Waals surface area contributed by atoms with Crippen LogP contribution in [0.15, 0.2) is 18.2 Å². The minimum Gasteiger partial charge on any atom is -0.364 e. The summed E-state index contributed by atoms with van der Waals surface area (Å²) in [6, 6.07) is 3.53. The first kappa shape index (κ1) is 19.8. The lowest BCUT2D eigenvalue weighted by molar-refractivity contribution is -0.280. The maximum atomic E-state index is 13.5. The fraction of sp³-hybridized carbons (Fsp3) is 0.600. The quantitative estimate of drug-likeness (QED) is 0.728. The van der Waals surface area contributed by atoms with E-state index in [4.69, 9.17) is 0 Å². The number of benzene rings is 1. The number of hydrogen-bond acceptors (Lipinski definition) is 2. The summed E-state index contributed by atoms with van der Waals surface area (Å²) in [5, 5.41) is 0. The number of halogens is 6. The van der Waals surface area contributed by atoms with Crippen molar-refractivity contribution in [3.8, 4) is 0 Å². The second-order valence-electron chi connectivity index (χ2n) is 5.47. The van der Waals surface area contributed by atoms with Gasteiger partial charge >= 0.3 is 12.4 Å². The van der Waals surface area contributed by atoms with Gasteiger partial charge in [0, 0.05) is 19.8 Å². The Morgan fingerprint density at radius 2 is 1.22 bits per heavy atom. The molecule has 132 valence electrons. The Labute approximate surface area is 130 Å². The summed E-state index contributed by atoms with van der Waals surface area (Å²) in [6.07, 6.45) is -9.83. The molecule has 0 aliphatic heterocycles. The topological polar surface area (TPSA) is 18.5 Å². The molecule has 1 rings (SSSR count). The lowest BCUT2D eigenvalue weighted by atomic mass is 9.80. The molecule has 23 heavy (non-hydrogen) atoms. The van der Waals surface area contributed by atoms with Crippen molar-refractivity contribution in [1.29, 1.82) is 0 Å². The van der Waals surface area contributed by atoms with Crippen LogP contribution in [-0.4, -0.2) is 26.6 Å². The average Bonchev–Trinajstić information content (AvgIpc) is 2.42. The Kier molecular flexibility index (Phi) is 5.14. The Balaban J connectivity index is 3.84. The Morgan fingerprint density at radius 3 is 1.57 bits per heavy atom. The average molecular weight is 344 g/mol. The van der Waals surface area contributed by atoms with Crippen LogP contribution in [0.5, 0.6) is 0 Å². The van der Waals surface area contributed by atoms with Crippen molar-refractivity contribution < 1.29 is 35.8 Å². The van der Waals surface area contributed by atoms with Gasteiger partial charge in [-0.2, -0.15) is 26.3 Å². The van der Waals surface area contributed by atoms with Crippen LogP contribution < -0.4 is 0 Å². The molecule has 8 heteroatoms. The molecule has 0 N–H and O–H groups in total. The summed E-state index contributed by atoms with van der Waals surface area (Å²) >= 11 is 0. The SMILES string of the molecule is COC(C)(c1cccc(C)c1C(C)(OC)C(F)(F)F)C(F)(F)F. The lowest BCUT2D eigenvalue weighted by Gasteiger charge is -2.39. The Bertz CT molecular complexity index is 566. The Hall–Kier alpha value is -1.28. The largest absolute Gasteiger partial charge is 0.421 e. The van der Waals surface area contributed by atoms with E-state index in [1.165, 1.54) is 19.1 Å². The van der Waals surface area contributed by atoms with Crippen molar-refractivity contribution in [2.75, 3.05) is 14.2 Å². The molecule has 0 saturated carbocycles. The van der Waals surface area contributed by atoms with Gasteiger partial charge in [-0.3, -0.25) is 0 Å². The second kappa shape index (κ2) is 5.98. The molecule has 2 nitrogen and oxygen atoms in total. The van der Waals surface area contributed by atoms with Gasteiger partial charge in [-0.15, -0.1) is 0 Å². The number of hydrogen-bond donors (Lipinski definition) is 0. The van der Waals surface area contributed by atoms with Gasteiger partial charge in [-0.05, 0) is 31.9 Å². The van der Waals surface area contributed by atoms with Gasteiger partial charge in [-0.1, -0.05) is 18.2 Å². The van der Waals surface area contributed by atoms with E-state index in [1.54, 1.807) is 0 Å². The third kappa shape index (κ3) is 3.06. The fourth-order valence-electron chi connectivity index (χ4n) is 2.44. The zero-order valence-corrected chi connectivity index (χ0v) is 13.3. The monoisotopic (exact) mass is 344 g/mol. The molecule has 0 saturated heterocycles. The van der Waals surface area contributed by atoms with Gasteiger partial charge in [0.1, 0.15) is 0 Å². The molecule has 2 atom stereocenters. The highest BCUT2D eigenvalue weighted by molar-refractivity contribution is 5.44. The van der Waals surface area contributed by atoms with Crippen molar-refractivity contribution in [2.45, 2.75) is 44.3 Å². The van der Waals surface area contributed by atoms with Gasteiger partial charge in [0.25, 0.3) is 0 Å². The molecular weight excluding hydrogens is 326 g/mol. The van der Waals surface area contributed by atoms with Crippen LogP contribution in [0, 0.1) is 6.92 Å². The normalized spacial score (nSPS) is 18.4. The highest BCUT2D eigenvalue weighted by Crippen LogP contribution is 2.50. The number of rotatable bonds is 4. The standard InChI is InChI=1S/C15H18F6O2/c1-9-7-6-8-10(12(2,22-4)14(16,17)18)11(9)13(3,23-5)15(19,20)21/h6-8H,1-5H3. The van der Waals surface area contributed by atoms with Gasteiger partial charge in [-0.25, -0.2) is 0 Å². The summed E-state index contributed by atoms with van der Waals surface area (Å²) in [4.78, 5) is 0. The van der Waals surface area contributed by atoms with E-state index in [0.717, 1.165) is 20.3 Å². The molecule has 0 heterocycles. The predicted molar refractivity (Wildman–Crippen MR) is 72.0 cm³/mol. The molecule has 0 fully saturated rings. The van der Waals surface area contributed by atoms with E-state index in [0.29, 0.717) is 13.8 Å². The third-order valence-electron chi connectivity index (χ3n) is 4.16. The summed E-state index contributed by atoms with van der Waals surface area (Å²) in [7, 11) is 1.61. The summed E-state index contributed by atoms with van der Waals surface area (Å²) in [5.41, 5.74) is -7.01. The third-order valence-corrected chi connectivity index (χ3v) is 4.16. The zero-order chi connectivity index (χ0) is 18.3. The van der Waals surface area contributed by atoms with E-state index in [9.17, 15) is 26.3 Å². The molecule has 0 aliphatic carbocycles. The van der Waals surface area contributed by atoms with Crippen LogP contribution in [0.1, 0.15) is 30.5 Å². The maximum Gasteiger partial charge on any atom is 0.421 e. The van der Waals surface area contributed by atoms with Crippen LogP contribution in [-0.2, 0) is 20.7 Å². The number of alkyl halides is 6. The van der Waals surface area contributed by atoms with Gasteiger partial charge in [0.05, 0.1) is 0 Å². The van der Waals surface area contributed by atoms with Crippen LogP contribution in [0.2, 0.25) is 0 Å². The van der Waals surface area contributed by atoms with Crippen molar-refractivity contribution in [2.24, 2.45) is 0 Å². The maximum absolute atomic E-state index is 13.5. The molecule has 0 bridgehead atoms. The van der Waals surface area contributed by atoms with Crippen LogP contribution in [0.4, 0.5) is 26.3 Å². The number of aryl methyl sites for hydroxylation is 1. The lowest BCUT2D eigenvalue weighted by Crippen LogP contribution is -2.47. The molecule has 0 radical (unpaired) electrons. The van der Waals surface area contributed by atoms with E-state index in [-0.39, 0.29) is 5.56 Å². The smallest absolute Gasteiger partial charge is 0.364 e. The summed E-state index contributed by atoms with van der Waals surface area (Å²) in [5.74, 6) is 0. The second-order valence-corrected chi connectivity index (χ2v) is 5.47. The van der Waals surface area contributed by atoms with Crippen LogP contribution >= 0.6 is 0 Å². The molecule has 0 amide bonds. The Morgan fingerprint density at radius 1 is 0.783 bits per heavy atom. The molecule has 0 aliphatic rings. The number of methoxy groups -OCH3 is 2. The van der Waals surface area contributed by atoms with Gasteiger partial charge in [0.15, 0.2) is 11.2 Å². The molecule has 1 aromatic rings. The molecule has 0 aromatic heterocycles. The molecule has 1 aromatic carbocycles. The first-order valence-electron chi connectivity index (χ1n) is 6.60. The summed E-state index contributed by atoms with van der Waals surface area (Å²) < 4.78 is 90.0. The van der Waals surface area contributed by atoms with E-state index >= 15 is 0 Å². The predicted octanol–water partition coefficient (Wildman–Crippen LogP) is 4.84. The number of ether oxygens (including phenoxy) is 2. The minimum absolute atomic E-state index is 0.0247. The van der Waals surface area contributed by atoms with Crippen molar-refractivity contribution in [3.63, 3.8) is 0 Å². The first-order valence-corrected chi connectivity index (χ1v) is 6.60. The zero-order valence-electron chi connectivity index (χ0n) is 13.3. The summed E-state index contributed by atoms with van der Waals surface area (Å²) in [6.45, 7) is 2.69. The minimum atomic E-state index is -4.91. The fourth-order valence-corrected chi connectivity index (χ4v) is 2.44. The van der Waals surface area contributed by atoms with E-state index in [1.807, 2.05) is 0 Å². The molecular formula is C15H18F6O2. The molecule has 2 unspecified atom stereocenters. The highest BCUT2D eigenvalue weighted by atomic mass is 19.4. The van der Waals surface area contributed by atoms with Gasteiger partial charge < -0.3 is 9.47 Å². The van der Waals surface area contributed by atoms with Crippen molar-refractivity contribution >= 4 is 0 Å². The van der Waals surface area contributed by atoms with Crippen molar-refractivity contribution in [3.05, 3.63) is 34.9 Å². The van der Waals surface area contributed by atoms with Crippen LogP contribution in [0.25, 0.3) is 0 Å².